The first-order valence-corrected chi connectivity index (χ1v) is 28.0. The molecule has 0 saturated heterocycles. The molecule has 0 amide bonds. The number of aromatic carboxylic acids is 2. The Bertz CT molecular complexity index is 4300. The third-order valence-electron chi connectivity index (χ3n) is 14.6. The predicted octanol–water partition coefficient (Wildman–Crippen LogP) is 11.4. The van der Waals surface area contributed by atoms with Crippen LogP contribution in [0.5, 0.6) is 11.8 Å². The molecule has 24 heteroatoms. The van der Waals surface area contributed by atoms with Crippen molar-refractivity contribution in [2.45, 2.75) is 39.1 Å². The van der Waals surface area contributed by atoms with E-state index in [-0.39, 0.29) is 82.6 Å². The Morgan fingerprint density at radius 2 is 0.922 bits per heavy atom. The fourth-order valence-electron chi connectivity index (χ4n) is 10.00. The molecule has 20 nitrogen and oxygen atoms in total. The zero-order valence-corrected chi connectivity index (χ0v) is 48.9. The number of carboxylic acid groups (broad SMARTS) is 2. The molecule has 4 aromatic carbocycles. The Morgan fingerprint density at radius 1 is 0.489 bits per heavy atom. The van der Waals surface area contributed by atoms with Crippen LogP contribution < -0.4 is 9.47 Å². The molecule has 0 spiro atoms. The number of halogens is 4. The summed E-state index contributed by atoms with van der Waals surface area (Å²) in [6, 6.07) is 30.9. The van der Waals surface area contributed by atoms with Crippen molar-refractivity contribution in [3.63, 3.8) is 0 Å². The highest BCUT2D eigenvalue weighted by Gasteiger charge is 2.22. The third-order valence-corrected chi connectivity index (χ3v) is 14.6. The predicted molar refractivity (Wildman–Crippen MR) is 323 cm³/mol. The maximum atomic E-state index is 15.5. The lowest BCUT2D eigenvalue weighted by molar-refractivity contribution is 0.0686. The summed E-state index contributed by atoms with van der Waals surface area (Å²) < 4.78 is 90.8. The molecule has 12 rings (SSSR count). The molecule has 2 N–H and O–H groups in total. The summed E-state index contributed by atoms with van der Waals surface area (Å²) >= 11 is 0. The number of hydrogen-bond donors (Lipinski definition) is 2. The Hall–Kier alpha value is -11.0. The van der Waals surface area contributed by atoms with Crippen LogP contribution in [0.15, 0.2) is 159 Å². The Labute approximate surface area is 511 Å². The van der Waals surface area contributed by atoms with Gasteiger partial charge in [0.2, 0.25) is 11.8 Å². The number of fused-ring (bicyclic) bond motifs is 2. The van der Waals surface area contributed by atoms with Crippen LogP contribution in [0.4, 0.5) is 17.6 Å². The van der Waals surface area contributed by atoms with E-state index in [0.717, 1.165) is 57.9 Å². The molecule has 0 bridgehead atoms. The number of aryl methyl sites for hydroxylation is 2. The largest absolute Gasteiger partial charge is 0.478 e. The Balaban J connectivity index is 0.000000185. The second kappa shape index (κ2) is 27.0. The first-order chi connectivity index (χ1) is 43.6. The second-order valence-electron chi connectivity index (χ2n) is 20.8. The van der Waals surface area contributed by atoms with E-state index < -0.39 is 35.2 Å². The molecule has 8 heterocycles. The number of rotatable bonds is 22. The van der Waals surface area contributed by atoms with Crippen LogP contribution in [-0.4, -0.2) is 108 Å². The third kappa shape index (κ3) is 13.9. The average Bonchev–Trinajstić information content (AvgIpc) is 1.67. The monoisotopic (exact) mass is 1220 g/mol. The molecule has 0 aliphatic heterocycles. The van der Waals surface area contributed by atoms with Gasteiger partial charge in [0.15, 0.2) is 0 Å². The van der Waals surface area contributed by atoms with Crippen molar-refractivity contribution in [3.8, 4) is 56.8 Å². The van der Waals surface area contributed by atoms with E-state index in [1.165, 1.54) is 24.3 Å². The summed E-state index contributed by atoms with van der Waals surface area (Å²) in [6.45, 7) is 1.73. The molecule has 0 radical (unpaired) electrons. The zero-order chi connectivity index (χ0) is 63.0. The van der Waals surface area contributed by atoms with Gasteiger partial charge in [-0.1, -0.05) is 24.3 Å². The van der Waals surface area contributed by atoms with Crippen LogP contribution in [0.3, 0.4) is 0 Å². The van der Waals surface area contributed by atoms with E-state index in [9.17, 15) is 19.8 Å². The van der Waals surface area contributed by atoms with E-state index in [1.807, 2.05) is 50.8 Å². The van der Waals surface area contributed by atoms with Gasteiger partial charge in [0, 0.05) is 125 Å². The summed E-state index contributed by atoms with van der Waals surface area (Å²) in [6.07, 6.45) is 10.6. The second-order valence-corrected chi connectivity index (χ2v) is 20.8. The van der Waals surface area contributed by atoms with Crippen LogP contribution in [0.25, 0.3) is 67.1 Å². The van der Waals surface area contributed by atoms with Gasteiger partial charge in [-0.2, -0.15) is 10.2 Å². The lowest BCUT2D eigenvalue weighted by atomic mass is 10.0. The van der Waals surface area contributed by atoms with E-state index >= 15 is 17.6 Å². The van der Waals surface area contributed by atoms with Gasteiger partial charge in [-0.15, -0.1) is 0 Å². The fourth-order valence-corrected chi connectivity index (χ4v) is 10.00. The van der Waals surface area contributed by atoms with Crippen LogP contribution >= 0.6 is 0 Å². The lowest BCUT2D eigenvalue weighted by Gasteiger charge is -2.12. The van der Waals surface area contributed by atoms with Crippen LogP contribution in [0.1, 0.15) is 54.6 Å². The van der Waals surface area contributed by atoms with Crippen molar-refractivity contribution in [2.75, 3.05) is 27.4 Å². The van der Waals surface area contributed by atoms with Gasteiger partial charge in [0.1, 0.15) is 48.1 Å². The van der Waals surface area contributed by atoms with Gasteiger partial charge in [-0.05, 0) is 96.1 Å². The van der Waals surface area contributed by atoms with Crippen molar-refractivity contribution < 1.29 is 56.3 Å². The number of hydrogen-bond acceptors (Lipinski definition) is 14. The number of pyridine rings is 4. The van der Waals surface area contributed by atoms with E-state index in [2.05, 4.69) is 40.1 Å². The van der Waals surface area contributed by atoms with E-state index in [0.29, 0.717) is 60.0 Å². The summed E-state index contributed by atoms with van der Waals surface area (Å²) in [5.74, 6) is -3.31. The first-order valence-electron chi connectivity index (χ1n) is 28.0. The molecular formula is C66H56F4N12O8. The van der Waals surface area contributed by atoms with Crippen LogP contribution in [-0.2, 0) is 62.7 Å². The zero-order valence-electron chi connectivity index (χ0n) is 48.9. The molecule has 0 atom stereocenters. The molecule has 0 saturated carbocycles. The van der Waals surface area contributed by atoms with Crippen molar-refractivity contribution in [2.24, 2.45) is 14.1 Å². The minimum Gasteiger partial charge on any atom is -0.478 e. The number of methoxy groups -OCH3 is 2. The summed E-state index contributed by atoms with van der Waals surface area (Å²) in [5.41, 5.74) is 8.03. The molecule has 456 valence electrons. The molecule has 0 aliphatic rings. The topological polar surface area (TPSA) is 234 Å². The Kier molecular flexibility index (Phi) is 18.2. The van der Waals surface area contributed by atoms with Gasteiger partial charge in [-0.25, -0.2) is 47.1 Å². The number of nitrogens with zero attached hydrogens (tertiary/aromatic N) is 12. The van der Waals surface area contributed by atoms with Gasteiger partial charge in [0.05, 0.1) is 81.6 Å². The minimum atomic E-state index is -1.07. The maximum absolute atomic E-state index is 15.5. The normalized spacial score (nSPS) is 11.3. The fraction of sp³-hybridized carbons (Fsp3) is 0.182. The van der Waals surface area contributed by atoms with Crippen molar-refractivity contribution in [1.29, 1.82) is 0 Å². The quantitative estimate of drug-likeness (QED) is 0.0600. The highest BCUT2D eigenvalue weighted by molar-refractivity contribution is 5.93. The summed E-state index contributed by atoms with van der Waals surface area (Å²) in [7, 11) is 6.76. The van der Waals surface area contributed by atoms with Crippen LogP contribution in [0, 0.1) is 23.3 Å². The van der Waals surface area contributed by atoms with Gasteiger partial charge >= 0.3 is 11.9 Å². The average molecular weight is 1220 g/mol. The smallest absolute Gasteiger partial charge is 0.335 e. The summed E-state index contributed by atoms with van der Waals surface area (Å²) in [4.78, 5) is 49.9. The highest BCUT2D eigenvalue weighted by Crippen LogP contribution is 2.31. The molecule has 12 aromatic rings. The number of imidazole rings is 2. The molecule has 0 fully saturated rings. The molecule has 0 unspecified atom stereocenters. The number of ether oxygens (including phenoxy) is 4. The van der Waals surface area contributed by atoms with E-state index in [4.69, 9.17) is 18.9 Å². The number of carboxylic acids is 2. The maximum Gasteiger partial charge on any atom is 0.335 e. The standard InChI is InChI=1S/2C33H28F2N6O4/c2*1-40-18-23(17-37-40)27-8-6-20(16-36-27)19-45-32-5-3-4-28(39-32)24-15-25(34)22(12-26(24)35)14-31-38-29-9-7-21(33(42)43)13-30(29)41(31)10-11-44-2/h2*3-9,12-13,15-18H,10-11,14,19H2,1-2H3,(H,42,43). The van der Waals surface area contributed by atoms with Gasteiger partial charge < -0.3 is 38.3 Å². The SMILES string of the molecule is COCCn1c(Cc2cc(F)c(-c3cccc(OCc4ccc(-c5cnn(C)c5)nc4)n3)cc2F)nc2ccc(C(=O)O)cc21.COCCn1c(Cc2cc(F)c(-c3cccc(OCc4ccc(-c5cnn(C)c5)nc4)n3)cc2F)nc2ccc(C(=O)O)cc21. The van der Waals surface area contributed by atoms with Gasteiger partial charge in [-0.3, -0.25) is 19.3 Å². The Morgan fingerprint density at radius 3 is 1.29 bits per heavy atom. The molecule has 0 aliphatic carbocycles. The summed E-state index contributed by atoms with van der Waals surface area (Å²) in [5, 5.41) is 27.2. The van der Waals surface area contributed by atoms with Crippen LogP contribution in [0.2, 0.25) is 0 Å². The molecule has 90 heavy (non-hydrogen) atoms. The molecule has 8 aromatic heterocycles. The molecular weight excluding hydrogens is 1160 g/mol. The van der Waals surface area contributed by atoms with Crippen molar-refractivity contribution in [3.05, 3.63) is 227 Å². The van der Waals surface area contributed by atoms with Gasteiger partial charge in [0.25, 0.3) is 0 Å². The first kappa shape index (κ1) is 60.7. The highest BCUT2D eigenvalue weighted by atomic mass is 19.1. The number of aromatic nitrogens is 12. The van der Waals surface area contributed by atoms with Crippen molar-refractivity contribution in [1.82, 2.24) is 58.6 Å². The van der Waals surface area contributed by atoms with Crippen molar-refractivity contribution >= 4 is 34.0 Å². The number of benzene rings is 4. The lowest BCUT2D eigenvalue weighted by Crippen LogP contribution is -2.10. The minimum absolute atomic E-state index is 0.0109. The number of carbonyl (C=O) groups is 2. The van der Waals surface area contributed by atoms with E-state index in [1.54, 1.807) is 106 Å².